The monoisotopic (exact) mass is 265 g/mol. The highest BCUT2D eigenvalue weighted by Crippen LogP contribution is 2.22. The number of rotatable bonds is 3. The molecule has 4 heteroatoms. The minimum atomic E-state index is 0.672. The van der Waals surface area contributed by atoms with Crippen LogP contribution >= 0.6 is 11.3 Å². The Bertz CT molecular complexity index is 705. The normalized spacial score (nSPS) is 10.3. The van der Waals surface area contributed by atoms with Gasteiger partial charge in [-0.25, -0.2) is 4.98 Å². The molecule has 3 rings (SSSR count). The molecule has 0 aliphatic rings. The number of hydrogen-bond donors (Lipinski definition) is 1. The van der Waals surface area contributed by atoms with Gasteiger partial charge >= 0.3 is 0 Å². The second kappa shape index (κ2) is 5.09. The van der Waals surface area contributed by atoms with Gasteiger partial charge in [0, 0.05) is 5.69 Å². The zero-order valence-electron chi connectivity index (χ0n) is 10.1. The molecule has 0 spiro atoms. The Hall–Kier alpha value is -2.38. The lowest BCUT2D eigenvalue weighted by Gasteiger charge is -2.03. The molecule has 1 aromatic heterocycles. The Balaban J connectivity index is 1.73. The Morgan fingerprint density at radius 3 is 2.63 bits per heavy atom. The van der Waals surface area contributed by atoms with Crippen molar-refractivity contribution >= 4 is 27.2 Å². The summed E-state index contributed by atoms with van der Waals surface area (Å²) in [5, 5.41) is 13.1. The highest BCUT2D eigenvalue weighted by Gasteiger charge is 2.02. The first-order chi connectivity index (χ1) is 9.35. The second-order valence-electron chi connectivity index (χ2n) is 4.12. The fourth-order valence-electron chi connectivity index (χ4n) is 1.84. The zero-order valence-corrected chi connectivity index (χ0v) is 10.9. The molecule has 0 amide bonds. The molecule has 0 fully saturated rings. The lowest BCUT2D eigenvalue weighted by atomic mass is 10.2. The highest BCUT2D eigenvalue weighted by atomic mass is 32.1. The van der Waals surface area contributed by atoms with E-state index in [9.17, 15) is 0 Å². The van der Waals surface area contributed by atoms with Crippen molar-refractivity contribution in [1.29, 1.82) is 5.26 Å². The van der Waals surface area contributed by atoms with E-state index in [4.69, 9.17) is 5.26 Å². The number of anilines is 1. The quantitative estimate of drug-likeness (QED) is 0.784. The number of nitrogens with one attached hydrogen (secondary N) is 1. The van der Waals surface area contributed by atoms with Gasteiger partial charge in [-0.2, -0.15) is 5.26 Å². The maximum absolute atomic E-state index is 8.74. The number of benzene rings is 2. The van der Waals surface area contributed by atoms with E-state index in [0.29, 0.717) is 12.1 Å². The summed E-state index contributed by atoms with van der Waals surface area (Å²) < 4.78 is 1.21. The van der Waals surface area contributed by atoms with E-state index >= 15 is 0 Å². The Kier molecular flexibility index (Phi) is 3.13. The maximum atomic E-state index is 8.74. The van der Waals surface area contributed by atoms with Gasteiger partial charge in [-0.1, -0.05) is 12.1 Å². The number of fused-ring (bicyclic) bond motifs is 1. The molecule has 0 saturated heterocycles. The summed E-state index contributed by atoms with van der Waals surface area (Å²) in [5.41, 5.74) is 2.72. The lowest BCUT2D eigenvalue weighted by Crippen LogP contribution is -1.98. The van der Waals surface area contributed by atoms with Gasteiger partial charge in [0.1, 0.15) is 5.01 Å². The van der Waals surface area contributed by atoms with Crippen LogP contribution in [0.25, 0.3) is 10.2 Å². The molecule has 3 nitrogen and oxygen atoms in total. The highest BCUT2D eigenvalue weighted by molar-refractivity contribution is 7.18. The third kappa shape index (κ3) is 2.56. The Morgan fingerprint density at radius 1 is 1.11 bits per heavy atom. The van der Waals surface area contributed by atoms with Gasteiger partial charge in [-0.15, -0.1) is 11.3 Å². The number of nitriles is 1. The van der Waals surface area contributed by atoms with E-state index in [-0.39, 0.29) is 0 Å². The fourth-order valence-corrected chi connectivity index (χ4v) is 2.74. The Morgan fingerprint density at radius 2 is 1.89 bits per heavy atom. The summed E-state index contributed by atoms with van der Waals surface area (Å²) in [6.07, 6.45) is 0. The van der Waals surface area contributed by atoms with Crippen molar-refractivity contribution in [3.05, 3.63) is 59.1 Å². The average Bonchev–Trinajstić information content (AvgIpc) is 2.88. The van der Waals surface area contributed by atoms with E-state index in [1.54, 1.807) is 23.5 Å². The molecule has 3 aromatic rings. The third-order valence-electron chi connectivity index (χ3n) is 2.80. The van der Waals surface area contributed by atoms with Gasteiger partial charge in [0.05, 0.1) is 28.4 Å². The molecule has 0 saturated carbocycles. The predicted molar refractivity (Wildman–Crippen MR) is 78.1 cm³/mol. The van der Waals surface area contributed by atoms with Crippen molar-refractivity contribution in [2.45, 2.75) is 6.54 Å². The Labute approximate surface area is 115 Å². The smallest absolute Gasteiger partial charge is 0.113 e. The van der Waals surface area contributed by atoms with Gasteiger partial charge in [0.25, 0.3) is 0 Å². The van der Waals surface area contributed by atoms with Crippen LogP contribution in [0.1, 0.15) is 10.6 Å². The van der Waals surface area contributed by atoms with Gasteiger partial charge in [-0.05, 0) is 36.4 Å². The molecule has 19 heavy (non-hydrogen) atoms. The predicted octanol–water partition coefficient (Wildman–Crippen LogP) is 3.78. The standard InChI is InChI=1S/C15H11N3S/c16-9-11-5-7-12(8-6-11)17-10-15-18-13-3-1-2-4-14(13)19-15/h1-8,17H,10H2. The maximum Gasteiger partial charge on any atom is 0.113 e. The molecule has 0 atom stereocenters. The number of thiazole rings is 1. The topological polar surface area (TPSA) is 48.7 Å². The van der Waals surface area contributed by atoms with Crippen LogP contribution in [-0.4, -0.2) is 4.98 Å². The minimum Gasteiger partial charge on any atom is -0.379 e. The molecule has 0 unspecified atom stereocenters. The largest absolute Gasteiger partial charge is 0.379 e. The average molecular weight is 265 g/mol. The fraction of sp³-hybridized carbons (Fsp3) is 0.0667. The van der Waals surface area contributed by atoms with E-state index < -0.39 is 0 Å². The number of nitrogens with zero attached hydrogens (tertiary/aromatic N) is 2. The van der Waals surface area contributed by atoms with E-state index in [2.05, 4.69) is 22.4 Å². The van der Waals surface area contributed by atoms with Crippen LogP contribution < -0.4 is 5.32 Å². The molecular weight excluding hydrogens is 254 g/mol. The minimum absolute atomic E-state index is 0.672. The van der Waals surface area contributed by atoms with Crippen molar-refractivity contribution in [2.75, 3.05) is 5.32 Å². The van der Waals surface area contributed by atoms with Gasteiger partial charge in [0.2, 0.25) is 0 Å². The van der Waals surface area contributed by atoms with Crippen LogP contribution in [0, 0.1) is 11.3 Å². The molecule has 0 aliphatic carbocycles. The van der Waals surface area contributed by atoms with Crippen molar-refractivity contribution in [3.8, 4) is 6.07 Å². The molecular formula is C15H11N3S. The van der Waals surface area contributed by atoms with Crippen molar-refractivity contribution in [2.24, 2.45) is 0 Å². The van der Waals surface area contributed by atoms with Crippen LogP contribution in [0.2, 0.25) is 0 Å². The summed E-state index contributed by atoms with van der Waals surface area (Å²) in [5.74, 6) is 0. The van der Waals surface area contributed by atoms with Crippen LogP contribution in [0.15, 0.2) is 48.5 Å². The van der Waals surface area contributed by atoms with E-state index in [1.165, 1.54) is 4.70 Å². The summed E-state index contributed by atoms with van der Waals surface area (Å²) in [4.78, 5) is 4.57. The third-order valence-corrected chi connectivity index (χ3v) is 3.83. The van der Waals surface area contributed by atoms with Crippen molar-refractivity contribution in [3.63, 3.8) is 0 Å². The van der Waals surface area contributed by atoms with Gasteiger partial charge < -0.3 is 5.32 Å². The number of aromatic nitrogens is 1. The van der Waals surface area contributed by atoms with E-state index in [1.807, 2.05) is 30.3 Å². The second-order valence-corrected chi connectivity index (χ2v) is 5.23. The summed E-state index contributed by atoms with van der Waals surface area (Å²) in [7, 11) is 0. The van der Waals surface area contributed by atoms with Crippen molar-refractivity contribution < 1.29 is 0 Å². The molecule has 0 aliphatic heterocycles. The molecule has 92 valence electrons. The van der Waals surface area contributed by atoms with Crippen LogP contribution in [0.3, 0.4) is 0 Å². The number of hydrogen-bond acceptors (Lipinski definition) is 4. The molecule has 1 heterocycles. The SMILES string of the molecule is N#Cc1ccc(NCc2nc3ccccc3s2)cc1. The summed E-state index contributed by atoms with van der Waals surface area (Å²) >= 11 is 1.70. The van der Waals surface area contributed by atoms with Gasteiger partial charge in [0.15, 0.2) is 0 Å². The number of para-hydroxylation sites is 1. The van der Waals surface area contributed by atoms with Crippen LogP contribution in [0.4, 0.5) is 5.69 Å². The first-order valence-electron chi connectivity index (χ1n) is 5.93. The summed E-state index contributed by atoms with van der Waals surface area (Å²) in [6, 6.07) is 17.7. The molecule has 2 aromatic carbocycles. The van der Waals surface area contributed by atoms with Crippen LogP contribution in [0.5, 0.6) is 0 Å². The first kappa shape index (κ1) is 11.7. The van der Waals surface area contributed by atoms with E-state index in [0.717, 1.165) is 16.2 Å². The summed E-state index contributed by atoms with van der Waals surface area (Å²) in [6.45, 7) is 0.700. The van der Waals surface area contributed by atoms with Crippen LogP contribution in [-0.2, 0) is 6.54 Å². The first-order valence-corrected chi connectivity index (χ1v) is 6.75. The molecule has 0 radical (unpaired) electrons. The lowest BCUT2D eigenvalue weighted by molar-refractivity contribution is 1.12. The molecule has 0 bridgehead atoms. The molecule has 1 N–H and O–H groups in total. The van der Waals surface area contributed by atoms with Crippen molar-refractivity contribution in [1.82, 2.24) is 4.98 Å². The van der Waals surface area contributed by atoms with Gasteiger partial charge in [-0.3, -0.25) is 0 Å². The zero-order chi connectivity index (χ0) is 13.1.